The van der Waals surface area contributed by atoms with E-state index in [1.807, 2.05) is 0 Å². The summed E-state index contributed by atoms with van der Waals surface area (Å²) in [6.45, 7) is 3.78. The Labute approximate surface area is 162 Å². The number of anilines is 1. The number of nitrogens with zero attached hydrogens (tertiary/aromatic N) is 3. The molecule has 0 bridgehead atoms. The lowest BCUT2D eigenvalue weighted by atomic mass is 9.98. The molecule has 27 heavy (non-hydrogen) atoms. The van der Waals surface area contributed by atoms with E-state index in [2.05, 4.69) is 16.9 Å². The molecule has 4 rings (SSSR count). The largest absolute Gasteiger partial charge is 0.325 e. The van der Waals surface area contributed by atoms with Gasteiger partial charge in [0.15, 0.2) is 5.13 Å². The molecule has 4 amide bonds. The number of hydrogen-bond acceptors (Lipinski definition) is 5. The number of rotatable bonds is 5. The van der Waals surface area contributed by atoms with Gasteiger partial charge in [0.2, 0.25) is 5.91 Å². The highest BCUT2D eigenvalue weighted by atomic mass is 32.1. The highest BCUT2D eigenvalue weighted by Crippen LogP contribution is 2.35. The number of nitrogens with one attached hydrogen (secondary N) is 1. The molecule has 144 valence electrons. The first-order valence-electron chi connectivity index (χ1n) is 9.58. The molecule has 7 nitrogen and oxygen atoms in total. The predicted molar refractivity (Wildman–Crippen MR) is 103 cm³/mol. The quantitative estimate of drug-likeness (QED) is 0.620. The monoisotopic (exact) mass is 388 g/mol. The fourth-order valence-corrected chi connectivity index (χ4v) is 5.40. The van der Waals surface area contributed by atoms with Gasteiger partial charge in [-0.2, -0.15) is 0 Å². The maximum atomic E-state index is 13.0. The van der Waals surface area contributed by atoms with E-state index in [4.69, 9.17) is 0 Å². The van der Waals surface area contributed by atoms with E-state index < -0.39 is 11.6 Å². The summed E-state index contributed by atoms with van der Waals surface area (Å²) in [5.74, 6) is -0.574. The molecule has 1 N–H and O–H groups in total. The molecule has 0 atom stereocenters. The van der Waals surface area contributed by atoms with E-state index in [0.717, 1.165) is 49.1 Å². The van der Waals surface area contributed by atoms with Crippen LogP contribution in [0.5, 0.6) is 0 Å². The molecule has 0 aromatic carbocycles. The van der Waals surface area contributed by atoms with Crippen LogP contribution < -0.4 is 10.2 Å². The van der Waals surface area contributed by atoms with Crippen LogP contribution in [0.3, 0.4) is 0 Å². The van der Waals surface area contributed by atoms with Gasteiger partial charge in [-0.3, -0.25) is 19.4 Å². The number of fused-ring (bicyclic) bond motifs is 1. The van der Waals surface area contributed by atoms with Crippen LogP contribution in [0.15, 0.2) is 12.7 Å². The SMILES string of the molecule is C=CCN(C(=O)CN1C(=O)NC2(CCCC2)C1=O)c1nc2c(s1)CCCC2. The van der Waals surface area contributed by atoms with Crippen molar-refractivity contribution >= 4 is 34.3 Å². The van der Waals surface area contributed by atoms with Crippen LogP contribution in [0.25, 0.3) is 0 Å². The van der Waals surface area contributed by atoms with Crippen molar-refractivity contribution in [1.82, 2.24) is 15.2 Å². The molecule has 0 unspecified atom stereocenters. The fourth-order valence-electron chi connectivity index (χ4n) is 4.23. The average molecular weight is 388 g/mol. The Kier molecular flexibility index (Phi) is 4.75. The van der Waals surface area contributed by atoms with Crippen LogP contribution in [0, 0.1) is 0 Å². The van der Waals surface area contributed by atoms with E-state index in [9.17, 15) is 14.4 Å². The normalized spacial score (nSPS) is 20.7. The highest BCUT2D eigenvalue weighted by molar-refractivity contribution is 7.16. The van der Waals surface area contributed by atoms with Crippen molar-refractivity contribution in [3.63, 3.8) is 0 Å². The highest BCUT2D eigenvalue weighted by Gasteiger charge is 2.52. The Hall–Kier alpha value is -2.22. The third kappa shape index (κ3) is 3.16. The number of carbonyl (C=O) groups is 3. The molecule has 2 fully saturated rings. The molecule has 1 aromatic heterocycles. The van der Waals surface area contributed by atoms with Crippen molar-refractivity contribution in [1.29, 1.82) is 0 Å². The number of aryl methyl sites for hydroxylation is 2. The van der Waals surface area contributed by atoms with Gasteiger partial charge in [0.1, 0.15) is 12.1 Å². The molecule has 1 saturated heterocycles. The Morgan fingerprint density at radius 1 is 1.26 bits per heavy atom. The minimum atomic E-state index is -0.791. The van der Waals surface area contributed by atoms with Crippen molar-refractivity contribution in [2.75, 3.05) is 18.0 Å². The average Bonchev–Trinajstić information content (AvgIpc) is 3.35. The van der Waals surface area contributed by atoms with Crippen LogP contribution in [0.2, 0.25) is 0 Å². The molecular weight excluding hydrogens is 364 g/mol. The van der Waals surface area contributed by atoms with E-state index in [0.29, 0.717) is 24.5 Å². The molecule has 3 aliphatic rings. The summed E-state index contributed by atoms with van der Waals surface area (Å²) < 4.78 is 0. The van der Waals surface area contributed by atoms with Crippen LogP contribution >= 0.6 is 11.3 Å². The number of thiazole rings is 1. The standard InChI is InChI=1S/C19H24N4O3S/c1-2-11-22(18-20-13-7-3-4-8-14(13)27-18)15(24)12-23-16(25)19(21-17(23)26)9-5-6-10-19/h2H,1,3-12H2,(H,21,26). The van der Waals surface area contributed by atoms with Crippen molar-refractivity contribution in [3.8, 4) is 0 Å². The smallest absolute Gasteiger partial charge is 0.323 e. The lowest BCUT2D eigenvalue weighted by molar-refractivity contribution is -0.134. The van der Waals surface area contributed by atoms with Gasteiger partial charge in [0.05, 0.1) is 5.69 Å². The minimum absolute atomic E-state index is 0.259. The molecular formula is C19H24N4O3S. The predicted octanol–water partition coefficient (Wildman–Crippen LogP) is 2.41. The van der Waals surface area contributed by atoms with Gasteiger partial charge in [0, 0.05) is 11.4 Å². The lowest BCUT2D eigenvalue weighted by Gasteiger charge is -2.22. The van der Waals surface area contributed by atoms with Crippen molar-refractivity contribution in [2.24, 2.45) is 0 Å². The summed E-state index contributed by atoms with van der Waals surface area (Å²) >= 11 is 1.53. The summed E-state index contributed by atoms with van der Waals surface area (Å²) in [5, 5.41) is 3.45. The van der Waals surface area contributed by atoms with Crippen LogP contribution in [-0.2, 0) is 22.4 Å². The van der Waals surface area contributed by atoms with Crippen molar-refractivity contribution in [3.05, 3.63) is 23.2 Å². The number of carbonyl (C=O) groups excluding carboxylic acids is 3. The number of imide groups is 1. The van der Waals surface area contributed by atoms with E-state index in [1.165, 1.54) is 21.1 Å². The first-order chi connectivity index (χ1) is 13.0. The van der Waals surface area contributed by atoms with Gasteiger partial charge in [-0.15, -0.1) is 17.9 Å². The summed E-state index contributed by atoms with van der Waals surface area (Å²) in [6.07, 6.45) is 8.99. The zero-order valence-corrected chi connectivity index (χ0v) is 16.1. The first-order valence-corrected chi connectivity index (χ1v) is 10.4. The molecule has 2 aliphatic carbocycles. The van der Waals surface area contributed by atoms with Gasteiger partial charge < -0.3 is 5.32 Å². The lowest BCUT2D eigenvalue weighted by Crippen LogP contribution is -2.46. The third-order valence-electron chi connectivity index (χ3n) is 5.67. The van der Waals surface area contributed by atoms with E-state index >= 15 is 0 Å². The van der Waals surface area contributed by atoms with Gasteiger partial charge >= 0.3 is 6.03 Å². The molecule has 1 aromatic rings. The topological polar surface area (TPSA) is 82.6 Å². The molecule has 2 heterocycles. The van der Waals surface area contributed by atoms with Gasteiger partial charge in [0.25, 0.3) is 5.91 Å². The van der Waals surface area contributed by atoms with Gasteiger partial charge in [-0.05, 0) is 38.5 Å². The number of hydrogen-bond donors (Lipinski definition) is 1. The second-order valence-electron chi connectivity index (χ2n) is 7.48. The molecule has 1 spiro atoms. The minimum Gasteiger partial charge on any atom is -0.323 e. The molecule has 1 saturated carbocycles. The summed E-state index contributed by atoms with van der Waals surface area (Å²) in [5.41, 5.74) is 0.281. The van der Waals surface area contributed by atoms with Gasteiger partial charge in [-0.1, -0.05) is 18.9 Å². The van der Waals surface area contributed by atoms with E-state index in [-0.39, 0.29) is 18.4 Å². The maximum Gasteiger partial charge on any atom is 0.325 e. The Balaban J connectivity index is 1.52. The maximum absolute atomic E-state index is 13.0. The summed E-state index contributed by atoms with van der Waals surface area (Å²) in [4.78, 5) is 46.6. The number of amides is 4. The second kappa shape index (κ2) is 7.07. The first kappa shape index (κ1) is 18.2. The van der Waals surface area contributed by atoms with E-state index in [1.54, 1.807) is 6.08 Å². The Morgan fingerprint density at radius 3 is 2.70 bits per heavy atom. The zero-order chi connectivity index (χ0) is 19.0. The summed E-state index contributed by atoms with van der Waals surface area (Å²) in [6, 6.07) is -0.466. The number of aromatic nitrogens is 1. The molecule has 0 radical (unpaired) electrons. The second-order valence-corrected chi connectivity index (χ2v) is 8.54. The fraction of sp³-hybridized carbons (Fsp3) is 0.579. The Bertz CT molecular complexity index is 773. The molecule has 8 heteroatoms. The Morgan fingerprint density at radius 2 is 2.00 bits per heavy atom. The third-order valence-corrected chi connectivity index (χ3v) is 6.85. The number of urea groups is 1. The van der Waals surface area contributed by atoms with Crippen LogP contribution in [-0.4, -0.2) is 46.4 Å². The van der Waals surface area contributed by atoms with Crippen LogP contribution in [0.1, 0.15) is 49.1 Å². The zero-order valence-electron chi connectivity index (χ0n) is 15.3. The summed E-state index contributed by atoms with van der Waals surface area (Å²) in [7, 11) is 0. The molecule has 1 aliphatic heterocycles. The van der Waals surface area contributed by atoms with Crippen molar-refractivity contribution in [2.45, 2.75) is 56.9 Å². The van der Waals surface area contributed by atoms with Crippen LogP contribution in [0.4, 0.5) is 9.93 Å². The van der Waals surface area contributed by atoms with Gasteiger partial charge in [-0.25, -0.2) is 9.78 Å². The van der Waals surface area contributed by atoms with Crippen molar-refractivity contribution < 1.29 is 14.4 Å².